The van der Waals surface area contributed by atoms with Gasteiger partial charge in [-0.1, -0.05) is 6.07 Å². The molecule has 0 fully saturated rings. The van der Waals surface area contributed by atoms with Crippen LogP contribution < -0.4 is 5.32 Å². The van der Waals surface area contributed by atoms with E-state index in [9.17, 15) is 5.26 Å². The molecule has 5 rings (SSSR count). The third-order valence-corrected chi connectivity index (χ3v) is 5.85. The molecule has 2 heterocycles. The van der Waals surface area contributed by atoms with Crippen LogP contribution in [-0.4, -0.2) is 15.2 Å². The number of hydrogen-bond acceptors (Lipinski definition) is 4. The number of nitrogens with one attached hydrogen (secondary N) is 2. The van der Waals surface area contributed by atoms with Crippen molar-refractivity contribution in [3.8, 4) is 17.3 Å². The predicted molar refractivity (Wildman–Crippen MR) is 119 cm³/mol. The molecular weight excluding hydrogens is 370 g/mol. The van der Waals surface area contributed by atoms with Crippen LogP contribution >= 0.6 is 0 Å². The summed E-state index contributed by atoms with van der Waals surface area (Å²) < 4.78 is 0. The average Bonchev–Trinajstić information content (AvgIpc) is 3.16. The van der Waals surface area contributed by atoms with E-state index in [0.29, 0.717) is 0 Å². The number of anilines is 1. The highest BCUT2D eigenvalue weighted by Gasteiger charge is 2.21. The SMILES string of the molecule is Cc1cc(-c2n[nH]c3ccc(N[C@@H]4CCCc5cc(C#N)ccc54)cc23)cc(C)n1. The molecule has 0 radical (unpaired) electrons. The number of pyridine rings is 1. The van der Waals surface area contributed by atoms with Crippen LogP contribution in [0, 0.1) is 25.2 Å². The Bertz CT molecular complexity index is 1270. The van der Waals surface area contributed by atoms with Crippen molar-refractivity contribution in [2.45, 2.75) is 39.2 Å². The summed E-state index contributed by atoms with van der Waals surface area (Å²) in [5.74, 6) is 0. The Balaban J connectivity index is 1.50. The first-order valence-electron chi connectivity index (χ1n) is 10.3. The van der Waals surface area contributed by atoms with E-state index in [4.69, 9.17) is 0 Å². The maximum Gasteiger partial charge on any atom is 0.100 e. The number of aromatic amines is 1. The maximum atomic E-state index is 9.20. The van der Waals surface area contributed by atoms with E-state index in [-0.39, 0.29) is 6.04 Å². The van der Waals surface area contributed by atoms with Crippen LogP contribution in [0.4, 0.5) is 5.69 Å². The van der Waals surface area contributed by atoms with Crippen LogP contribution in [0.1, 0.15) is 47.0 Å². The third kappa shape index (κ3) is 3.31. The molecule has 1 aliphatic rings. The van der Waals surface area contributed by atoms with Gasteiger partial charge in [-0.15, -0.1) is 0 Å². The molecule has 2 N–H and O–H groups in total. The molecule has 2 aromatic carbocycles. The number of nitrogens with zero attached hydrogens (tertiary/aromatic N) is 3. The second-order valence-electron chi connectivity index (χ2n) is 8.09. The molecular formula is C25H23N5. The number of benzene rings is 2. The second kappa shape index (κ2) is 7.31. The zero-order valence-electron chi connectivity index (χ0n) is 17.2. The number of rotatable bonds is 3. The second-order valence-corrected chi connectivity index (χ2v) is 8.09. The van der Waals surface area contributed by atoms with E-state index < -0.39 is 0 Å². The lowest BCUT2D eigenvalue weighted by Crippen LogP contribution is -2.17. The normalized spacial score (nSPS) is 15.6. The molecule has 1 aliphatic carbocycles. The van der Waals surface area contributed by atoms with Crippen molar-refractivity contribution in [2.24, 2.45) is 0 Å². The fraction of sp³-hybridized carbons (Fsp3) is 0.240. The maximum absolute atomic E-state index is 9.20. The third-order valence-electron chi connectivity index (χ3n) is 5.85. The van der Waals surface area contributed by atoms with Gasteiger partial charge in [0.05, 0.1) is 23.2 Å². The van der Waals surface area contributed by atoms with Crippen LogP contribution in [0.15, 0.2) is 48.5 Å². The number of nitriles is 1. The van der Waals surface area contributed by atoms with Gasteiger partial charge in [-0.3, -0.25) is 10.1 Å². The Labute approximate surface area is 175 Å². The number of aryl methyl sites for hydroxylation is 3. The van der Waals surface area contributed by atoms with Crippen molar-refractivity contribution in [3.63, 3.8) is 0 Å². The summed E-state index contributed by atoms with van der Waals surface area (Å²) in [4.78, 5) is 4.48. The molecule has 30 heavy (non-hydrogen) atoms. The van der Waals surface area contributed by atoms with E-state index in [1.165, 1.54) is 11.1 Å². The largest absolute Gasteiger partial charge is 0.378 e. The summed E-state index contributed by atoms with van der Waals surface area (Å²) in [7, 11) is 0. The minimum atomic E-state index is 0.250. The fourth-order valence-electron chi connectivity index (χ4n) is 4.53. The monoisotopic (exact) mass is 393 g/mol. The first-order chi connectivity index (χ1) is 14.6. The first-order valence-corrected chi connectivity index (χ1v) is 10.3. The lowest BCUT2D eigenvalue weighted by atomic mass is 9.86. The molecule has 0 bridgehead atoms. The lowest BCUT2D eigenvalue weighted by molar-refractivity contribution is 0.600. The zero-order valence-corrected chi connectivity index (χ0v) is 17.2. The summed E-state index contributed by atoms with van der Waals surface area (Å²) in [5, 5.41) is 21.8. The molecule has 5 heteroatoms. The smallest absolute Gasteiger partial charge is 0.100 e. The van der Waals surface area contributed by atoms with Crippen molar-refractivity contribution in [1.82, 2.24) is 15.2 Å². The van der Waals surface area contributed by atoms with Gasteiger partial charge >= 0.3 is 0 Å². The Hall–Kier alpha value is -3.65. The first kappa shape index (κ1) is 18.4. The van der Waals surface area contributed by atoms with Crippen LogP contribution in [0.5, 0.6) is 0 Å². The predicted octanol–water partition coefficient (Wildman–Crippen LogP) is 5.60. The summed E-state index contributed by atoms with van der Waals surface area (Å²) >= 11 is 0. The lowest BCUT2D eigenvalue weighted by Gasteiger charge is -2.27. The van der Waals surface area contributed by atoms with E-state index in [0.717, 1.165) is 64.1 Å². The van der Waals surface area contributed by atoms with Crippen LogP contribution in [0.25, 0.3) is 22.2 Å². The minimum absolute atomic E-state index is 0.250. The van der Waals surface area contributed by atoms with Gasteiger partial charge in [0.1, 0.15) is 5.69 Å². The molecule has 148 valence electrons. The highest BCUT2D eigenvalue weighted by atomic mass is 15.1. The van der Waals surface area contributed by atoms with Crippen LogP contribution in [0.3, 0.4) is 0 Å². The molecule has 0 amide bonds. The van der Waals surface area contributed by atoms with Crippen molar-refractivity contribution in [2.75, 3.05) is 5.32 Å². The highest BCUT2D eigenvalue weighted by molar-refractivity contribution is 5.95. The Morgan fingerprint density at radius 2 is 1.90 bits per heavy atom. The van der Waals surface area contributed by atoms with Gasteiger partial charge in [0, 0.05) is 28.0 Å². The van der Waals surface area contributed by atoms with Crippen LogP contribution in [0.2, 0.25) is 0 Å². The van der Waals surface area contributed by atoms with Gasteiger partial charge in [-0.05, 0) is 86.7 Å². The minimum Gasteiger partial charge on any atom is -0.378 e. The van der Waals surface area contributed by atoms with E-state index >= 15 is 0 Å². The van der Waals surface area contributed by atoms with Gasteiger partial charge in [0.25, 0.3) is 0 Å². The quantitative estimate of drug-likeness (QED) is 0.475. The number of aromatic nitrogens is 3. The molecule has 4 aromatic rings. The standard InChI is InChI=1S/C25H23N5/c1-15-10-19(11-16(2)27-15)25-22-13-20(7-9-24(22)29-30-25)28-23-5-3-4-18-12-17(14-26)6-8-21(18)23/h6-13,23,28H,3-5H2,1-2H3,(H,29,30)/t23-/m1/s1. The van der Waals surface area contributed by atoms with Gasteiger partial charge < -0.3 is 5.32 Å². The Kier molecular flexibility index (Phi) is 4.48. The molecule has 2 aromatic heterocycles. The van der Waals surface area contributed by atoms with Gasteiger partial charge in [-0.25, -0.2) is 0 Å². The molecule has 0 spiro atoms. The number of fused-ring (bicyclic) bond motifs is 2. The number of H-pyrrole nitrogens is 1. The van der Waals surface area contributed by atoms with Crippen molar-refractivity contribution >= 4 is 16.6 Å². The van der Waals surface area contributed by atoms with E-state index in [2.05, 4.69) is 63.0 Å². The summed E-state index contributed by atoms with van der Waals surface area (Å²) in [5.41, 5.74) is 9.43. The average molecular weight is 393 g/mol. The fourth-order valence-corrected chi connectivity index (χ4v) is 4.53. The zero-order chi connectivity index (χ0) is 20.7. The van der Waals surface area contributed by atoms with Crippen molar-refractivity contribution in [3.05, 3.63) is 76.6 Å². The van der Waals surface area contributed by atoms with E-state index in [1.807, 2.05) is 26.0 Å². The summed E-state index contributed by atoms with van der Waals surface area (Å²) in [6, 6.07) is 19.1. The molecule has 0 aliphatic heterocycles. The summed E-state index contributed by atoms with van der Waals surface area (Å²) in [6.45, 7) is 4.02. The highest BCUT2D eigenvalue weighted by Crippen LogP contribution is 2.35. The molecule has 0 saturated heterocycles. The summed E-state index contributed by atoms with van der Waals surface area (Å²) in [6.07, 6.45) is 3.24. The van der Waals surface area contributed by atoms with E-state index in [1.54, 1.807) is 0 Å². The Morgan fingerprint density at radius 3 is 2.70 bits per heavy atom. The van der Waals surface area contributed by atoms with Crippen LogP contribution in [-0.2, 0) is 6.42 Å². The van der Waals surface area contributed by atoms with Gasteiger partial charge in [-0.2, -0.15) is 10.4 Å². The van der Waals surface area contributed by atoms with Crippen molar-refractivity contribution in [1.29, 1.82) is 5.26 Å². The van der Waals surface area contributed by atoms with Gasteiger partial charge in [0.15, 0.2) is 0 Å². The topological polar surface area (TPSA) is 77.4 Å². The van der Waals surface area contributed by atoms with Gasteiger partial charge in [0.2, 0.25) is 0 Å². The molecule has 5 nitrogen and oxygen atoms in total. The number of hydrogen-bond donors (Lipinski definition) is 2. The Morgan fingerprint density at radius 1 is 1.07 bits per heavy atom. The molecule has 1 atom stereocenters. The molecule has 0 saturated carbocycles. The van der Waals surface area contributed by atoms with Crippen molar-refractivity contribution < 1.29 is 0 Å². The molecule has 0 unspecified atom stereocenters.